The summed E-state index contributed by atoms with van der Waals surface area (Å²) in [7, 11) is 1.49. The van der Waals surface area contributed by atoms with Crippen LogP contribution in [-0.2, 0) is 4.79 Å². The van der Waals surface area contributed by atoms with Gasteiger partial charge in [-0.15, -0.1) is 0 Å². The number of rotatable bonds is 4. The van der Waals surface area contributed by atoms with E-state index in [2.05, 4.69) is 15.3 Å². The average Bonchev–Trinajstić information content (AvgIpc) is 2.42. The molecule has 0 spiro atoms. The number of carboxylic acids is 1. The van der Waals surface area contributed by atoms with Gasteiger partial charge in [0.05, 0.1) is 19.2 Å². The molecular weight excluding hydrogens is 270 g/mol. The molecule has 0 amide bonds. The van der Waals surface area contributed by atoms with Crippen LogP contribution in [0.3, 0.4) is 0 Å². The Kier molecular flexibility index (Phi) is 4.42. The Morgan fingerprint density at radius 2 is 2.16 bits per heavy atom. The van der Waals surface area contributed by atoms with Crippen LogP contribution < -0.4 is 10.1 Å². The van der Waals surface area contributed by atoms with Gasteiger partial charge in [-0.1, -0.05) is 11.6 Å². The number of nitrogens with zero attached hydrogens (tertiary/aromatic N) is 2. The zero-order valence-electron chi connectivity index (χ0n) is 10.6. The molecule has 0 saturated heterocycles. The van der Waals surface area contributed by atoms with E-state index in [-0.39, 0.29) is 18.0 Å². The van der Waals surface area contributed by atoms with Crippen LogP contribution in [0, 0.1) is 5.92 Å². The summed E-state index contributed by atoms with van der Waals surface area (Å²) in [6.07, 6.45) is 4.41. The molecule has 2 N–H and O–H groups in total. The van der Waals surface area contributed by atoms with E-state index in [1.165, 1.54) is 13.3 Å². The first kappa shape index (κ1) is 13.9. The van der Waals surface area contributed by atoms with Crippen molar-refractivity contribution in [3.8, 4) is 6.01 Å². The maximum absolute atomic E-state index is 10.9. The van der Waals surface area contributed by atoms with Gasteiger partial charge >= 0.3 is 12.0 Å². The molecule has 0 atom stereocenters. The number of aromatic nitrogens is 2. The molecule has 0 radical (unpaired) electrons. The molecule has 2 rings (SSSR count). The first-order valence-corrected chi connectivity index (χ1v) is 6.54. The first-order valence-electron chi connectivity index (χ1n) is 6.16. The number of methoxy groups -OCH3 is 1. The highest BCUT2D eigenvalue weighted by atomic mass is 35.5. The third kappa shape index (κ3) is 3.47. The Labute approximate surface area is 116 Å². The third-order valence-corrected chi connectivity index (χ3v) is 3.60. The lowest BCUT2D eigenvalue weighted by Crippen LogP contribution is -2.29. The van der Waals surface area contributed by atoms with E-state index in [0.29, 0.717) is 23.7 Å². The summed E-state index contributed by atoms with van der Waals surface area (Å²) in [6, 6.07) is 0.443. The van der Waals surface area contributed by atoms with Gasteiger partial charge < -0.3 is 15.2 Å². The maximum Gasteiger partial charge on any atom is 0.318 e. The summed E-state index contributed by atoms with van der Waals surface area (Å²) in [5, 5.41) is 12.6. The molecule has 7 heteroatoms. The fourth-order valence-corrected chi connectivity index (χ4v) is 2.37. The monoisotopic (exact) mass is 285 g/mol. The topological polar surface area (TPSA) is 84.3 Å². The SMILES string of the molecule is COc1ncc(Cl)c(NC2CCC(C(=O)O)CC2)n1. The standard InChI is InChI=1S/C12H16ClN3O3/c1-19-12-14-6-9(13)10(16-12)15-8-4-2-7(3-5-8)11(17)18/h6-8H,2-5H2,1H3,(H,17,18)(H,14,15,16). The van der Waals surface area contributed by atoms with Crippen LogP contribution in [0.2, 0.25) is 5.02 Å². The van der Waals surface area contributed by atoms with Crippen LogP contribution in [0.4, 0.5) is 5.82 Å². The average molecular weight is 286 g/mol. The zero-order valence-corrected chi connectivity index (χ0v) is 11.4. The van der Waals surface area contributed by atoms with Crippen LogP contribution >= 0.6 is 11.6 Å². The van der Waals surface area contributed by atoms with Crippen molar-refractivity contribution >= 4 is 23.4 Å². The molecule has 0 bridgehead atoms. The summed E-state index contributed by atoms with van der Waals surface area (Å²) in [5.41, 5.74) is 0. The molecule has 0 aromatic carbocycles. The van der Waals surface area contributed by atoms with E-state index in [1.807, 2.05) is 0 Å². The van der Waals surface area contributed by atoms with Crippen molar-refractivity contribution in [2.24, 2.45) is 5.92 Å². The Bertz CT molecular complexity index is 462. The van der Waals surface area contributed by atoms with Crippen molar-refractivity contribution in [2.75, 3.05) is 12.4 Å². The van der Waals surface area contributed by atoms with Crippen molar-refractivity contribution in [2.45, 2.75) is 31.7 Å². The van der Waals surface area contributed by atoms with Crippen LogP contribution in [-0.4, -0.2) is 34.2 Å². The van der Waals surface area contributed by atoms with Crippen molar-refractivity contribution in [3.05, 3.63) is 11.2 Å². The zero-order chi connectivity index (χ0) is 13.8. The summed E-state index contributed by atoms with van der Waals surface area (Å²) in [5.74, 6) is -0.402. The normalized spacial score (nSPS) is 22.8. The van der Waals surface area contributed by atoms with Gasteiger partial charge in [-0.2, -0.15) is 4.98 Å². The van der Waals surface area contributed by atoms with Gasteiger partial charge in [0.2, 0.25) is 0 Å². The quantitative estimate of drug-likeness (QED) is 0.882. The van der Waals surface area contributed by atoms with E-state index in [1.54, 1.807) is 0 Å². The van der Waals surface area contributed by atoms with Gasteiger partial charge in [0.15, 0.2) is 5.82 Å². The van der Waals surface area contributed by atoms with E-state index in [4.69, 9.17) is 21.4 Å². The first-order chi connectivity index (χ1) is 9.10. The highest BCUT2D eigenvalue weighted by Crippen LogP contribution is 2.28. The van der Waals surface area contributed by atoms with Gasteiger partial charge in [0, 0.05) is 6.04 Å². The molecule has 1 heterocycles. The van der Waals surface area contributed by atoms with E-state index in [9.17, 15) is 4.79 Å². The molecule has 0 unspecified atom stereocenters. The molecule has 1 fully saturated rings. The lowest BCUT2D eigenvalue weighted by molar-refractivity contribution is -0.142. The Morgan fingerprint density at radius 1 is 1.47 bits per heavy atom. The minimum absolute atomic E-state index is 0.188. The van der Waals surface area contributed by atoms with Crippen LogP contribution in [0.25, 0.3) is 0 Å². The number of anilines is 1. The maximum atomic E-state index is 10.9. The summed E-state index contributed by atoms with van der Waals surface area (Å²) >= 11 is 6.01. The minimum Gasteiger partial charge on any atom is -0.481 e. The second-order valence-electron chi connectivity index (χ2n) is 4.58. The van der Waals surface area contributed by atoms with E-state index >= 15 is 0 Å². The second kappa shape index (κ2) is 6.06. The van der Waals surface area contributed by atoms with E-state index in [0.717, 1.165) is 12.8 Å². The molecule has 19 heavy (non-hydrogen) atoms. The second-order valence-corrected chi connectivity index (χ2v) is 4.99. The predicted molar refractivity (Wildman–Crippen MR) is 70.6 cm³/mol. The molecule has 6 nitrogen and oxygen atoms in total. The number of aliphatic carboxylic acids is 1. The number of carbonyl (C=O) groups is 1. The van der Waals surface area contributed by atoms with Crippen molar-refractivity contribution in [3.63, 3.8) is 0 Å². The Morgan fingerprint density at radius 3 is 2.74 bits per heavy atom. The van der Waals surface area contributed by atoms with Crippen LogP contribution in [0.1, 0.15) is 25.7 Å². The summed E-state index contributed by atoms with van der Waals surface area (Å²) < 4.78 is 4.95. The van der Waals surface area contributed by atoms with E-state index < -0.39 is 5.97 Å². The predicted octanol–water partition coefficient (Wildman–Crippen LogP) is 2.19. The minimum atomic E-state index is -0.708. The fourth-order valence-electron chi connectivity index (χ4n) is 2.23. The van der Waals surface area contributed by atoms with Gasteiger partial charge in [-0.05, 0) is 25.7 Å². The van der Waals surface area contributed by atoms with Gasteiger partial charge in [0.1, 0.15) is 5.02 Å². The van der Waals surface area contributed by atoms with Gasteiger partial charge in [-0.25, -0.2) is 4.98 Å². The van der Waals surface area contributed by atoms with Crippen molar-refractivity contribution in [1.29, 1.82) is 0 Å². The third-order valence-electron chi connectivity index (χ3n) is 3.32. The molecule has 1 aromatic rings. The number of nitrogens with one attached hydrogen (secondary N) is 1. The molecular formula is C12H16ClN3O3. The Balaban J connectivity index is 1.97. The number of hydrogen-bond donors (Lipinski definition) is 2. The summed E-state index contributed by atoms with van der Waals surface area (Å²) in [6.45, 7) is 0. The summed E-state index contributed by atoms with van der Waals surface area (Å²) in [4.78, 5) is 18.9. The molecule has 1 saturated carbocycles. The van der Waals surface area contributed by atoms with Crippen molar-refractivity contribution in [1.82, 2.24) is 9.97 Å². The number of carboxylic acid groups (broad SMARTS) is 1. The fraction of sp³-hybridized carbons (Fsp3) is 0.583. The smallest absolute Gasteiger partial charge is 0.318 e. The van der Waals surface area contributed by atoms with Gasteiger partial charge in [-0.3, -0.25) is 4.79 Å². The lowest BCUT2D eigenvalue weighted by atomic mass is 9.86. The molecule has 0 aliphatic heterocycles. The van der Waals surface area contributed by atoms with Gasteiger partial charge in [0.25, 0.3) is 0 Å². The molecule has 1 aromatic heterocycles. The van der Waals surface area contributed by atoms with Crippen LogP contribution in [0.5, 0.6) is 6.01 Å². The largest absolute Gasteiger partial charge is 0.481 e. The number of ether oxygens (including phenoxy) is 1. The lowest BCUT2D eigenvalue weighted by Gasteiger charge is -2.27. The highest BCUT2D eigenvalue weighted by molar-refractivity contribution is 6.32. The van der Waals surface area contributed by atoms with Crippen molar-refractivity contribution < 1.29 is 14.6 Å². The number of hydrogen-bond acceptors (Lipinski definition) is 5. The van der Waals surface area contributed by atoms with Crippen LogP contribution in [0.15, 0.2) is 6.20 Å². The highest BCUT2D eigenvalue weighted by Gasteiger charge is 2.26. The number of halogens is 1. The molecule has 1 aliphatic carbocycles. The molecule has 1 aliphatic rings. The Hall–Kier alpha value is -1.56. The molecule has 104 valence electrons.